The number of morpholine rings is 1. The molecule has 0 aromatic rings. The number of carbonyl (C=O) groups excluding carboxylic acids is 3. The molecule has 35 heavy (non-hydrogen) atoms. The highest BCUT2D eigenvalue weighted by atomic mass is 16.5. The van der Waals surface area contributed by atoms with Crippen molar-refractivity contribution >= 4 is 17.7 Å². The van der Waals surface area contributed by atoms with Gasteiger partial charge in [0.05, 0.1) is 30.7 Å². The molecular formula is C25H42N4O6. The molecule has 10 heteroatoms. The molecule has 0 aliphatic carbocycles. The molecule has 0 radical (unpaired) electrons. The number of nitrogens with one attached hydrogen (secondary N) is 2. The van der Waals surface area contributed by atoms with E-state index in [0.717, 1.165) is 32.5 Å². The third-order valence-electron chi connectivity index (χ3n) is 8.24. The Morgan fingerprint density at radius 3 is 2.51 bits per heavy atom. The van der Waals surface area contributed by atoms with Gasteiger partial charge < -0.3 is 30.1 Å². The normalized spacial score (nSPS) is 34.3. The van der Waals surface area contributed by atoms with E-state index in [4.69, 9.17) is 14.6 Å². The van der Waals surface area contributed by atoms with E-state index >= 15 is 0 Å². The lowest BCUT2D eigenvalue weighted by Crippen LogP contribution is -2.56. The first-order valence-electron chi connectivity index (χ1n) is 13.3. The molecule has 0 saturated carbocycles. The Morgan fingerprint density at radius 1 is 1.06 bits per heavy atom. The summed E-state index contributed by atoms with van der Waals surface area (Å²) in [5, 5.41) is 15.2. The number of unbranched alkanes of at least 4 members (excludes halogenated alkanes) is 2. The zero-order chi connectivity index (χ0) is 25.1. The van der Waals surface area contributed by atoms with Gasteiger partial charge in [0.15, 0.2) is 0 Å². The second kappa shape index (κ2) is 11.1. The van der Waals surface area contributed by atoms with Gasteiger partial charge in [0.25, 0.3) is 0 Å². The molecule has 2 unspecified atom stereocenters. The fourth-order valence-corrected chi connectivity index (χ4v) is 6.56. The monoisotopic (exact) mass is 494 g/mol. The Kier molecular flexibility index (Phi) is 8.35. The second-order valence-electron chi connectivity index (χ2n) is 10.6. The zero-order valence-corrected chi connectivity index (χ0v) is 21.2. The van der Waals surface area contributed by atoms with E-state index < -0.39 is 29.1 Å². The number of fused-ring (bicyclic) bond motifs is 1. The van der Waals surface area contributed by atoms with Gasteiger partial charge >= 0.3 is 0 Å². The van der Waals surface area contributed by atoms with Crippen molar-refractivity contribution in [1.82, 2.24) is 20.4 Å². The van der Waals surface area contributed by atoms with Crippen LogP contribution in [0, 0.1) is 11.8 Å². The molecule has 3 amide bonds. The third-order valence-corrected chi connectivity index (χ3v) is 8.24. The predicted octanol–water partition coefficient (Wildman–Crippen LogP) is -0.112. The van der Waals surface area contributed by atoms with Crippen molar-refractivity contribution < 1.29 is 29.0 Å². The minimum absolute atomic E-state index is 0.104. The molecule has 10 nitrogen and oxygen atoms in total. The van der Waals surface area contributed by atoms with E-state index in [1.54, 1.807) is 4.90 Å². The number of nitrogens with zero attached hydrogens (tertiary/aromatic N) is 2. The lowest BCUT2D eigenvalue weighted by molar-refractivity contribution is -0.146. The molecule has 4 aliphatic heterocycles. The number of hydrogen-bond acceptors (Lipinski definition) is 7. The summed E-state index contributed by atoms with van der Waals surface area (Å²) in [4.78, 5) is 44.6. The van der Waals surface area contributed by atoms with Crippen LogP contribution in [-0.2, 0) is 23.9 Å². The van der Waals surface area contributed by atoms with E-state index in [-0.39, 0.29) is 24.3 Å². The Morgan fingerprint density at radius 2 is 1.80 bits per heavy atom. The molecule has 3 N–H and O–H groups in total. The van der Waals surface area contributed by atoms with Crippen molar-refractivity contribution in [2.45, 2.75) is 69.6 Å². The first-order valence-corrected chi connectivity index (χ1v) is 13.3. The average Bonchev–Trinajstić information content (AvgIpc) is 3.41. The molecule has 4 saturated heterocycles. The molecular weight excluding hydrogens is 452 g/mol. The van der Waals surface area contributed by atoms with Crippen LogP contribution >= 0.6 is 0 Å². The summed E-state index contributed by atoms with van der Waals surface area (Å²) in [5.41, 5.74) is -1.71. The molecule has 4 heterocycles. The van der Waals surface area contributed by atoms with Crippen molar-refractivity contribution in [3.05, 3.63) is 0 Å². The Bertz CT molecular complexity index is 790. The molecule has 0 aromatic carbocycles. The quantitative estimate of drug-likeness (QED) is 0.324. The number of ether oxygens (including phenoxy) is 2. The summed E-state index contributed by atoms with van der Waals surface area (Å²) in [7, 11) is 0. The number of aliphatic hydroxyl groups excluding tert-OH is 1. The van der Waals surface area contributed by atoms with E-state index in [0.29, 0.717) is 58.5 Å². The minimum atomic E-state index is -0.972. The van der Waals surface area contributed by atoms with Crippen molar-refractivity contribution in [3.63, 3.8) is 0 Å². The van der Waals surface area contributed by atoms with Gasteiger partial charge in [-0.2, -0.15) is 0 Å². The summed E-state index contributed by atoms with van der Waals surface area (Å²) in [6.45, 7) is 9.29. The molecule has 4 rings (SSSR count). The van der Waals surface area contributed by atoms with E-state index in [9.17, 15) is 14.4 Å². The largest absolute Gasteiger partial charge is 0.396 e. The molecule has 2 bridgehead atoms. The number of rotatable bonds is 12. The molecule has 1 spiro atoms. The van der Waals surface area contributed by atoms with Crippen LogP contribution in [0.2, 0.25) is 0 Å². The summed E-state index contributed by atoms with van der Waals surface area (Å²) in [6, 6.07) is -0.746. The van der Waals surface area contributed by atoms with Crippen molar-refractivity contribution in [1.29, 1.82) is 0 Å². The van der Waals surface area contributed by atoms with Gasteiger partial charge in [0, 0.05) is 45.9 Å². The highest BCUT2D eigenvalue weighted by Crippen LogP contribution is 2.63. The van der Waals surface area contributed by atoms with Crippen LogP contribution in [0.1, 0.15) is 52.4 Å². The lowest BCUT2D eigenvalue weighted by Gasteiger charge is -2.34. The number of amides is 3. The van der Waals surface area contributed by atoms with Crippen LogP contribution in [-0.4, -0.2) is 109 Å². The molecule has 4 fully saturated rings. The van der Waals surface area contributed by atoms with Gasteiger partial charge in [-0.3, -0.25) is 19.3 Å². The predicted molar refractivity (Wildman–Crippen MR) is 128 cm³/mol. The fraction of sp³-hybridized carbons (Fsp3) is 0.880. The Hall–Kier alpha value is -1.75. The maximum absolute atomic E-state index is 13.8. The van der Waals surface area contributed by atoms with Crippen LogP contribution in [0.15, 0.2) is 0 Å². The van der Waals surface area contributed by atoms with Gasteiger partial charge in [-0.05, 0) is 45.4 Å². The standard InChI is InChI=1S/C25H42N4O6/c1-3-9-26-21(31)18-19-23(33)29(11-5-4-6-15-30)20(25(19)8-7-24(18,2)35-25)22(32)27-10-12-28-13-16-34-17-14-28/h18-20,30H,3-17H2,1-2H3,(H,26,31)(H,27,32)/t18-,19+,20?,24+,25?/m1/s1. The summed E-state index contributed by atoms with van der Waals surface area (Å²) < 4.78 is 12.0. The van der Waals surface area contributed by atoms with Gasteiger partial charge in [-0.1, -0.05) is 6.92 Å². The van der Waals surface area contributed by atoms with Gasteiger partial charge in [0.2, 0.25) is 17.7 Å². The van der Waals surface area contributed by atoms with Crippen molar-refractivity contribution in [3.8, 4) is 0 Å². The second-order valence-corrected chi connectivity index (χ2v) is 10.6. The van der Waals surface area contributed by atoms with E-state index in [1.165, 1.54) is 0 Å². The topological polar surface area (TPSA) is 120 Å². The fourth-order valence-electron chi connectivity index (χ4n) is 6.56. The number of likely N-dealkylation sites (tertiary alicyclic amines) is 1. The number of carbonyl (C=O) groups is 3. The van der Waals surface area contributed by atoms with Crippen molar-refractivity contribution in [2.75, 3.05) is 59.1 Å². The van der Waals surface area contributed by atoms with Gasteiger partial charge in [0.1, 0.15) is 11.6 Å². The first kappa shape index (κ1) is 26.3. The van der Waals surface area contributed by atoms with Crippen LogP contribution in [0.25, 0.3) is 0 Å². The molecule has 198 valence electrons. The van der Waals surface area contributed by atoms with Crippen molar-refractivity contribution in [2.24, 2.45) is 11.8 Å². The SMILES string of the molecule is CCCNC(=O)[C@H]1[C@H]2C(=O)N(CCCCCO)C(C(=O)NCCN3CCOCC3)C23CC[C@]1(C)O3. The number of hydrogen-bond donors (Lipinski definition) is 3. The Balaban J connectivity index is 1.53. The van der Waals surface area contributed by atoms with Crippen LogP contribution in [0.4, 0.5) is 0 Å². The lowest BCUT2D eigenvalue weighted by atomic mass is 9.66. The van der Waals surface area contributed by atoms with Gasteiger partial charge in [-0.15, -0.1) is 0 Å². The highest BCUT2D eigenvalue weighted by molar-refractivity contribution is 5.99. The smallest absolute Gasteiger partial charge is 0.245 e. The van der Waals surface area contributed by atoms with Gasteiger partial charge in [-0.25, -0.2) is 0 Å². The maximum Gasteiger partial charge on any atom is 0.245 e. The minimum Gasteiger partial charge on any atom is -0.396 e. The van der Waals surface area contributed by atoms with Crippen LogP contribution < -0.4 is 10.6 Å². The highest BCUT2D eigenvalue weighted by Gasteiger charge is 2.77. The third kappa shape index (κ3) is 4.95. The summed E-state index contributed by atoms with van der Waals surface area (Å²) >= 11 is 0. The average molecular weight is 495 g/mol. The Labute approximate surface area is 208 Å². The van der Waals surface area contributed by atoms with Crippen LogP contribution in [0.5, 0.6) is 0 Å². The van der Waals surface area contributed by atoms with E-state index in [2.05, 4.69) is 15.5 Å². The van der Waals surface area contributed by atoms with Crippen LogP contribution in [0.3, 0.4) is 0 Å². The maximum atomic E-state index is 13.8. The summed E-state index contributed by atoms with van der Waals surface area (Å²) in [6.07, 6.45) is 4.16. The zero-order valence-electron chi connectivity index (χ0n) is 21.2. The summed E-state index contributed by atoms with van der Waals surface area (Å²) in [5.74, 6) is -1.74. The molecule has 4 aliphatic rings. The number of aliphatic hydroxyl groups is 1. The molecule has 5 atom stereocenters. The van der Waals surface area contributed by atoms with E-state index in [1.807, 2.05) is 13.8 Å². The first-order chi connectivity index (χ1) is 16.9. The molecule has 0 aromatic heterocycles.